The predicted molar refractivity (Wildman–Crippen MR) is 98.4 cm³/mol. The van der Waals surface area contributed by atoms with E-state index in [-0.39, 0.29) is 17.2 Å². The number of hydrogen-bond donors (Lipinski definition) is 2. The summed E-state index contributed by atoms with van der Waals surface area (Å²) in [5.41, 5.74) is 0.887. The minimum absolute atomic E-state index is 0.00422. The van der Waals surface area contributed by atoms with Crippen LogP contribution in [0.25, 0.3) is 11.4 Å². The van der Waals surface area contributed by atoms with Crippen LogP contribution >= 0.6 is 15.9 Å². The zero-order valence-corrected chi connectivity index (χ0v) is 15.8. The second-order valence-corrected chi connectivity index (χ2v) is 6.97. The quantitative estimate of drug-likeness (QED) is 0.656. The summed E-state index contributed by atoms with van der Waals surface area (Å²) in [6, 6.07) is 7.77. The molecule has 2 aromatic heterocycles. The van der Waals surface area contributed by atoms with Gasteiger partial charge >= 0.3 is 0 Å². The number of halogens is 1. The third-order valence-corrected chi connectivity index (χ3v) is 4.28. The molecular formula is C18H17BrN4O3. The molecule has 3 aromatic rings. The molecule has 0 aliphatic rings. The first kappa shape index (κ1) is 18.1. The average Bonchev–Trinajstić information content (AvgIpc) is 3.11. The van der Waals surface area contributed by atoms with Gasteiger partial charge in [0.05, 0.1) is 5.56 Å². The van der Waals surface area contributed by atoms with Gasteiger partial charge in [0.1, 0.15) is 11.8 Å². The zero-order chi connectivity index (χ0) is 18.7. The van der Waals surface area contributed by atoms with Gasteiger partial charge < -0.3 is 14.9 Å². The molecule has 1 aromatic carbocycles. The summed E-state index contributed by atoms with van der Waals surface area (Å²) < 4.78 is 6.05. The molecule has 3 rings (SSSR count). The number of nitrogens with zero attached hydrogens (tertiary/aromatic N) is 3. The standard InChI is InChI=1S/C18H17BrN4O3/c1-10(2)15(21-17(25)13-8-12(19)5-6-14(13)24)18-22-16(23-26-18)11-4-3-7-20-9-11/h3-10,15,24H,1-2H3,(H,21,25)/t15-/m1/s1. The van der Waals surface area contributed by atoms with Crippen LogP contribution in [-0.4, -0.2) is 26.1 Å². The number of nitrogens with one attached hydrogen (secondary N) is 1. The lowest BCUT2D eigenvalue weighted by Gasteiger charge is -2.19. The van der Waals surface area contributed by atoms with Crippen molar-refractivity contribution in [1.29, 1.82) is 0 Å². The maximum atomic E-state index is 12.6. The highest BCUT2D eigenvalue weighted by Gasteiger charge is 2.26. The average molecular weight is 417 g/mol. The molecular weight excluding hydrogens is 400 g/mol. The highest BCUT2D eigenvalue weighted by Crippen LogP contribution is 2.26. The number of carbonyl (C=O) groups is 1. The number of carbonyl (C=O) groups excluding carboxylic acids is 1. The molecule has 1 atom stereocenters. The van der Waals surface area contributed by atoms with Crippen molar-refractivity contribution in [3.05, 3.63) is 58.7 Å². The molecule has 26 heavy (non-hydrogen) atoms. The fourth-order valence-corrected chi connectivity index (χ4v) is 2.76. The predicted octanol–water partition coefficient (Wildman–Crippen LogP) is 3.73. The lowest BCUT2D eigenvalue weighted by atomic mass is 10.0. The molecule has 0 fully saturated rings. The molecule has 0 radical (unpaired) electrons. The van der Waals surface area contributed by atoms with Gasteiger partial charge in [-0.05, 0) is 36.2 Å². The first-order valence-corrected chi connectivity index (χ1v) is 8.78. The van der Waals surface area contributed by atoms with Crippen molar-refractivity contribution >= 4 is 21.8 Å². The topological polar surface area (TPSA) is 101 Å². The Morgan fingerprint density at radius 1 is 1.31 bits per heavy atom. The first-order valence-electron chi connectivity index (χ1n) is 7.99. The molecule has 0 unspecified atom stereocenters. The van der Waals surface area contributed by atoms with Crippen molar-refractivity contribution in [2.75, 3.05) is 0 Å². The van der Waals surface area contributed by atoms with E-state index < -0.39 is 11.9 Å². The molecule has 0 saturated carbocycles. The van der Waals surface area contributed by atoms with Crippen LogP contribution < -0.4 is 5.32 Å². The Balaban J connectivity index is 1.85. The van der Waals surface area contributed by atoms with Crippen molar-refractivity contribution < 1.29 is 14.4 Å². The fourth-order valence-electron chi connectivity index (χ4n) is 2.40. The Kier molecular flexibility index (Phi) is 5.32. The minimum Gasteiger partial charge on any atom is -0.507 e. The van der Waals surface area contributed by atoms with Crippen molar-refractivity contribution in [3.63, 3.8) is 0 Å². The highest BCUT2D eigenvalue weighted by atomic mass is 79.9. The van der Waals surface area contributed by atoms with Gasteiger partial charge in [0.15, 0.2) is 0 Å². The van der Waals surface area contributed by atoms with Crippen LogP contribution in [-0.2, 0) is 0 Å². The van der Waals surface area contributed by atoms with E-state index in [1.807, 2.05) is 19.9 Å². The molecule has 0 aliphatic carbocycles. The minimum atomic E-state index is -0.501. The second-order valence-electron chi connectivity index (χ2n) is 6.05. The van der Waals surface area contributed by atoms with E-state index in [0.29, 0.717) is 16.2 Å². The molecule has 0 spiro atoms. The molecule has 0 aliphatic heterocycles. The van der Waals surface area contributed by atoms with Gasteiger partial charge in [-0.25, -0.2) is 0 Å². The lowest BCUT2D eigenvalue weighted by Crippen LogP contribution is -2.32. The summed E-state index contributed by atoms with van der Waals surface area (Å²) in [5, 5.41) is 16.8. The molecule has 0 saturated heterocycles. The van der Waals surface area contributed by atoms with E-state index in [1.165, 1.54) is 6.07 Å². The molecule has 1 amide bonds. The van der Waals surface area contributed by atoms with Crippen LogP contribution in [0, 0.1) is 5.92 Å². The number of phenolic OH excluding ortho intramolecular Hbond substituents is 1. The monoisotopic (exact) mass is 416 g/mol. The maximum absolute atomic E-state index is 12.6. The SMILES string of the molecule is CC(C)[C@@H](NC(=O)c1cc(Br)ccc1O)c1nc(-c2cccnc2)no1. The van der Waals surface area contributed by atoms with Crippen molar-refractivity contribution in [2.24, 2.45) is 5.92 Å². The summed E-state index contributed by atoms with van der Waals surface area (Å²) in [6.07, 6.45) is 3.29. The van der Waals surface area contributed by atoms with Gasteiger partial charge in [0.25, 0.3) is 5.91 Å². The van der Waals surface area contributed by atoms with Crippen LogP contribution in [0.2, 0.25) is 0 Å². The van der Waals surface area contributed by atoms with Crippen molar-refractivity contribution in [1.82, 2.24) is 20.4 Å². The van der Waals surface area contributed by atoms with E-state index in [1.54, 1.807) is 30.6 Å². The van der Waals surface area contributed by atoms with Gasteiger partial charge in [-0.2, -0.15) is 4.98 Å². The van der Waals surface area contributed by atoms with Crippen LogP contribution in [0.1, 0.15) is 36.1 Å². The normalized spacial score (nSPS) is 12.2. The van der Waals surface area contributed by atoms with Gasteiger partial charge in [-0.3, -0.25) is 9.78 Å². The third-order valence-electron chi connectivity index (χ3n) is 3.78. The van der Waals surface area contributed by atoms with E-state index in [0.717, 1.165) is 5.56 Å². The Hall–Kier alpha value is -2.74. The van der Waals surface area contributed by atoms with Crippen LogP contribution in [0.4, 0.5) is 0 Å². The summed E-state index contributed by atoms with van der Waals surface area (Å²) in [6.45, 7) is 3.86. The van der Waals surface area contributed by atoms with E-state index in [2.05, 4.69) is 36.4 Å². The number of amides is 1. The summed E-state index contributed by atoms with van der Waals surface area (Å²) in [4.78, 5) is 21.0. The summed E-state index contributed by atoms with van der Waals surface area (Å²) >= 11 is 3.30. The van der Waals surface area contributed by atoms with Crippen molar-refractivity contribution in [3.8, 4) is 17.1 Å². The number of phenols is 1. The molecule has 2 N–H and O–H groups in total. The molecule has 8 heteroatoms. The smallest absolute Gasteiger partial charge is 0.255 e. The van der Waals surface area contributed by atoms with Gasteiger partial charge in [-0.15, -0.1) is 0 Å². The van der Waals surface area contributed by atoms with Crippen LogP contribution in [0.5, 0.6) is 5.75 Å². The maximum Gasteiger partial charge on any atom is 0.255 e. The molecule has 7 nitrogen and oxygen atoms in total. The highest BCUT2D eigenvalue weighted by molar-refractivity contribution is 9.10. The number of hydrogen-bond acceptors (Lipinski definition) is 6. The van der Waals surface area contributed by atoms with E-state index in [9.17, 15) is 9.90 Å². The Labute approximate surface area is 158 Å². The fraction of sp³-hybridized carbons (Fsp3) is 0.222. The van der Waals surface area contributed by atoms with Crippen LogP contribution in [0.3, 0.4) is 0 Å². The summed E-state index contributed by atoms with van der Waals surface area (Å²) in [7, 11) is 0. The molecule has 0 bridgehead atoms. The Morgan fingerprint density at radius 3 is 2.81 bits per heavy atom. The van der Waals surface area contributed by atoms with Gasteiger partial charge in [-0.1, -0.05) is 34.9 Å². The molecule has 2 heterocycles. The lowest BCUT2D eigenvalue weighted by molar-refractivity contribution is 0.0911. The zero-order valence-electron chi connectivity index (χ0n) is 14.2. The summed E-state index contributed by atoms with van der Waals surface area (Å²) in [5.74, 6) is 0.161. The molecule has 134 valence electrons. The first-order chi connectivity index (χ1) is 12.5. The Bertz CT molecular complexity index is 912. The van der Waals surface area contributed by atoms with E-state index in [4.69, 9.17) is 4.52 Å². The van der Waals surface area contributed by atoms with Crippen LogP contribution in [0.15, 0.2) is 51.7 Å². The Morgan fingerprint density at radius 2 is 2.12 bits per heavy atom. The largest absolute Gasteiger partial charge is 0.507 e. The van der Waals surface area contributed by atoms with Crippen molar-refractivity contribution in [2.45, 2.75) is 19.9 Å². The van der Waals surface area contributed by atoms with E-state index >= 15 is 0 Å². The number of rotatable bonds is 5. The number of pyridine rings is 1. The third kappa shape index (κ3) is 3.91. The van der Waals surface area contributed by atoms with Gasteiger partial charge in [0.2, 0.25) is 11.7 Å². The number of benzene rings is 1. The number of aromatic nitrogens is 3. The van der Waals surface area contributed by atoms with Gasteiger partial charge in [0, 0.05) is 22.4 Å². The second kappa shape index (κ2) is 7.65. The number of aromatic hydroxyl groups is 1.